The van der Waals surface area contributed by atoms with Gasteiger partial charge in [0.15, 0.2) is 0 Å². The van der Waals surface area contributed by atoms with Crippen LogP contribution in [0, 0.1) is 6.92 Å². The van der Waals surface area contributed by atoms with Crippen molar-refractivity contribution in [1.82, 2.24) is 0 Å². The monoisotopic (exact) mass is 268 g/mol. The number of hydrogen-bond donors (Lipinski definition) is 0. The summed E-state index contributed by atoms with van der Waals surface area (Å²) < 4.78 is 48.5. The Kier molecular flexibility index (Phi) is 3.91. The molecule has 0 radical (unpaired) electrons. The Morgan fingerprint density at radius 2 is 1.88 bits per heavy atom. The summed E-state index contributed by atoms with van der Waals surface area (Å²) in [5.74, 6) is -3.91. The van der Waals surface area contributed by atoms with Gasteiger partial charge in [-0.15, -0.1) is 0 Å². The van der Waals surface area contributed by atoms with E-state index in [1.807, 2.05) is 0 Å². The molecule has 90 valence electrons. The van der Waals surface area contributed by atoms with Crippen molar-refractivity contribution in [3.8, 4) is 0 Å². The first-order valence-electron chi connectivity index (χ1n) is 4.59. The van der Waals surface area contributed by atoms with Gasteiger partial charge in [0, 0.05) is 22.7 Å². The number of aryl methyl sites for hydroxylation is 1. The van der Waals surface area contributed by atoms with Gasteiger partial charge < -0.3 is 0 Å². The van der Waals surface area contributed by atoms with Crippen LogP contribution in [0.3, 0.4) is 0 Å². The molecule has 0 aliphatic rings. The molecule has 1 aromatic carbocycles. The maximum atomic E-state index is 13.6. The molecular formula is C10H11ClF2O2S. The lowest BCUT2D eigenvalue weighted by molar-refractivity contribution is -0.00797. The molecule has 0 aliphatic carbocycles. The summed E-state index contributed by atoms with van der Waals surface area (Å²) in [6.45, 7) is 1.55. The van der Waals surface area contributed by atoms with E-state index >= 15 is 0 Å². The van der Waals surface area contributed by atoms with Crippen molar-refractivity contribution in [2.24, 2.45) is 0 Å². The van der Waals surface area contributed by atoms with Crippen molar-refractivity contribution in [2.45, 2.75) is 19.3 Å². The molecule has 6 heteroatoms. The Hall–Kier alpha value is -0.680. The van der Waals surface area contributed by atoms with Crippen LogP contribution in [0.5, 0.6) is 0 Å². The Morgan fingerprint density at radius 3 is 2.38 bits per heavy atom. The van der Waals surface area contributed by atoms with E-state index < -0.39 is 27.1 Å². The lowest BCUT2D eigenvalue weighted by Crippen LogP contribution is -2.18. The fourth-order valence-corrected chi connectivity index (χ4v) is 2.10. The molecule has 0 saturated heterocycles. The standard InChI is InChI=1S/C10H11ClF2O2S/c1-8-4-2-3-5-9(8)10(12,13)6-7-16(11,14)15/h2-5H,6-7H2,1H3. The summed E-state index contributed by atoms with van der Waals surface area (Å²) in [6.07, 6.45) is -0.802. The third-order valence-electron chi connectivity index (χ3n) is 2.20. The van der Waals surface area contributed by atoms with Gasteiger partial charge in [-0.25, -0.2) is 17.2 Å². The fraction of sp³-hybridized carbons (Fsp3) is 0.400. The van der Waals surface area contributed by atoms with Gasteiger partial charge in [0.25, 0.3) is 5.92 Å². The molecular weight excluding hydrogens is 258 g/mol. The van der Waals surface area contributed by atoms with Crippen molar-refractivity contribution < 1.29 is 17.2 Å². The molecule has 0 heterocycles. The topological polar surface area (TPSA) is 34.1 Å². The highest BCUT2D eigenvalue weighted by Gasteiger charge is 2.33. The van der Waals surface area contributed by atoms with Crippen molar-refractivity contribution in [3.63, 3.8) is 0 Å². The number of benzene rings is 1. The van der Waals surface area contributed by atoms with Crippen LogP contribution in [-0.4, -0.2) is 14.2 Å². The minimum absolute atomic E-state index is 0.157. The van der Waals surface area contributed by atoms with Crippen LogP contribution < -0.4 is 0 Å². The zero-order chi connectivity index (χ0) is 12.4. The first-order chi connectivity index (χ1) is 7.22. The molecule has 0 atom stereocenters. The summed E-state index contributed by atoms with van der Waals surface area (Å²) in [5.41, 5.74) is 0.273. The van der Waals surface area contributed by atoms with E-state index in [1.54, 1.807) is 19.1 Å². The third-order valence-corrected chi connectivity index (χ3v) is 3.35. The van der Waals surface area contributed by atoms with E-state index in [4.69, 9.17) is 10.7 Å². The Morgan fingerprint density at radius 1 is 1.31 bits per heavy atom. The second-order valence-corrected chi connectivity index (χ2v) is 6.41. The molecule has 1 aromatic rings. The smallest absolute Gasteiger partial charge is 0.212 e. The van der Waals surface area contributed by atoms with Crippen LogP contribution in [0.1, 0.15) is 17.5 Å². The summed E-state index contributed by atoms with van der Waals surface area (Å²) >= 11 is 0. The first-order valence-corrected chi connectivity index (χ1v) is 7.06. The van der Waals surface area contributed by atoms with Gasteiger partial charge in [-0.05, 0) is 12.5 Å². The number of hydrogen-bond acceptors (Lipinski definition) is 2. The zero-order valence-electron chi connectivity index (χ0n) is 8.58. The van der Waals surface area contributed by atoms with Crippen LogP contribution in [0.2, 0.25) is 0 Å². The van der Waals surface area contributed by atoms with Crippen LogP contribution >= 0.6 is 10.7 Å². The van der Waals surface area contributed by atoms with Crippen LogP contribution in [0.25, 0.3) is 0 Å². The predicted molar refractivity (Wildman–Crippen MR) is 59.3 cm³/mol. The van der Waals surface area contributed by atoms with Gasteiger partial charge in [-0.2, -0.15) is 0 Å². The largest absolute Gasteiger partial charge is 0.274 e. The van der Waals surface area contributed by atoms with Gasteiger partial charge in [0.2, 0.25) is 9.05 Å². The van der Waals surface area contributed by atoms with E-state index in [1.165, 1.54) is 12.1 Å². The normalized spacial score (nSPS) is 12.8. The molecule has 2 nitrogen and oxygen atoms in total. The van der Waals surface area contributed by atoms with Gasteiger partial charge in [0.05, 0.1) is 5.75 Å². The SMILES string of the molecule is Cc1ccccc1C(F)(F)CCS(=O)(=O)Cl. The maximum Gasteiger partial charge on any atom is 0.274 e. The van der Waals surface area contributed by atoms with Crippen molar-refractivity contribution in [3.05, 3.63) is 35.4 Å². The minimum atomic E-state index is -3.89. The second-order valence-electron chi connectivity index (χ2n) is 3.51. The molecule has 16 heavy (non-hydrogen) atoms. The summed E-state index contributed by atoms with van der Waals surface area (Å²) in [6, 6.07) is 5.98. The molecule has 0 saturated carbocycles. The molecule has 0 unspecified atom stereocenters. The van der Waals surface area contributed by atoms with E-state index in [2.05, 4.69) is 0 Å². The van der Waals surface area contributed by atoms with Gasteiger partial charge in [-0.3, -0.25) is 0 Å². The second kappa shape index (κ2) is 4.67. The first kappa shape index (κ1) is 13.4. The van der Waals surface area contributed by atoms with Crippen molar-refractivity contribution >= 4 is 19.7 Å². The van der Waals surface area contributed by atoms with E-state index in [0.717, 1.165) is 0 Å². The Labute approximate surface area is 97.7 Å². The quantitative estimate of drug-likeness (QED) is 0.787. The predicted octanol–water partition coefficient (Wildman–Crippen LogP) is 3.05. The summed E-state index contributed by atoms with van der Waals surface area (Å²) in [5, 5.41) is 0. The molecule has 0 aromatic heterocycles. The highest BCUT2D eigenvalue weighted by Crippen LogP contribution is 2.34. The molecule has 0 spiro atoms. The number of alkyl halides is 2. The minimum Gasteiger partial charge on any atom is -0.212 e. The Balaban J connectivity index is 2.90. The summed E-state index contributed by atoms with van der Waals surface area (Å²) in [4.78, 5) is 0. The zero-order valence-corrected chi connectivity index (χ0v) is 10.2. The van der Waals surface area contributed by atoms with E-state index in [0.29, 0.717) is 5.56 Å². The highest BCUT2D eigenvalue weighted by molar-refractivity contribution is 8.13. The maximum absolute atomic E-state index is 13.6. The summed E-state index contributed by atoms with van der Waals surface area (Å²) in [7, 11) is 1.02. The number of rotatable bonds is 4. The third kappa shape index (κ3) is 3.72. The molecule has 0 amide bonds. The molecule has 0 aliphatic heterocycles. The van der Waals surface area contributed by atoms with Gasteiger partial charge in [0.1, 0.15) is 0 Å². The van der Waals surface area contributed by atoms with Gasteiger partial charge >= 0.3 is 0 Å². The van der Waals surface area contributed by atoms with Crippen LogP contribution in [0.15, 0.2) is 24.3 Å². The molecule has 0 bridgehead atoms. The van der Waals surface area contributed by atoms with Crippen molar-refractivity contribution in [2.75, 3.05) is 5.75 Å². The average Bonchev–Trinajstić information content (AvgIpc) is 2.14. The fourth-order valence-electron chi connectivity index (χ4n) is 1.37. The molecule has 1 rings (SSSR count). The molecule has 0 fully saturated rings. The van der Waals surface area contributed by atoms with E-state index in [-0.39, 0.29) is 5.56 Å². The van der Waals surface area contributed by atoms with Crippen LogP contribution in [-0.2, 0) is 15.0 Å². The number of halogens is 3. The van der Waals surface area contributed by atoms with Crippen molar-refractivity contribution in [1.29, 1.82) is 0 Å². The lowest BCUT2D eigenvalue weighted by Gasteiger charge is -2.17. The molecule has 0 N–H and O–H groups in total. The Bertz CT molecular complexity index is 471. The van der Waals surface area contributed by atoms with E-state index in [9.17, 15) is 17.2 Å². The highest BCUT2D eigenvalue weighted by atomic mass is 35.7. The average molecular weight is 269 g/mol. The van der Waals surface area contributed by atoms with Gasteiger partial charge in [-0.1, -0.05) is 24.3 Å². The van der Waals surface area contributed by atoms with Crippen LogP contribution in [0.4, 0.5) is 8.78 Å². The lowest BCUT2D eigenvalue weighted by atomic mass is 10.0.